The Hall–Kier alpha value is -2.94. The van der Waals surface area contributed by atoms with Crippen LogP contribution < -0.4 is 10.2 Å². The van der Waals surface area contributed by atoms with Crippen LogP contribution in [0.1, 0.15) is 54.2 Å². The zero-order chi connectivity index (χ0) is 25.7. The average molecular weight is 506 g/mol. The zero-order valence-corrected chi connectivity index (χ0v) is 20.4. The molecule has 0 radical (unpaired) electrons. The van der Waals surface area contributed by atoms with Crippen LogP contribution in [0.25, 0.3) is 10.9 Å². The van der Waals surface area contributed by atoms with Gasteiger partial charge in [0.1, 0.15) is 17.1 Å². The molecule has 0 saturated carbocycles. The monoisotopic (exact) mass is 505 g/mol. The highest BCUT2D eigenvalue weighted by Crippen LogP contribution is 2.33. The highest BCUT2D eigenvalue weighted by atomic mass is 35.5. The Labute approximate surface area is 207 Å². The van der Waals surface area contributed by atoms with Crippen LogP contribution in [-0.4, -0.2) is 45.7 Å². The van der Waals surface area contributed by atoms with E-state index in [1.165, 1.54) is 18.3 Å². The second kappa shape index (κ2) is 11.7. The van der Waals surface area contributed by atoms with Gasteiger partial charge < -0.3 is 24.6 Å². The van der Waals surface area contributed by atoms with Gasteiger partial charge in [-0.2, -0.15) is 0 Å². The first-order valence-electron chi connectivity index (χ1n) is 11.4. The molecule has 0 aliphatic heterocycles. The summed E-state index contributed by atoms with van der Waals surface area (Å²) in [5.41, 5.74) is 0.0686. The number of benzene rings is 2. The molecule has 9 heteroatoms. The quantitative estimate of drug-likeness (QED) is 0.333. The Morgan fingerprint density at radius 2 is 1.94 bits per heavy atom. The number of pyridine rings is 1. The molecule has 3 aromatic rings. The number of hydrogen-bond acceptors (Lipinski definition) is 5. The molecule has 2 aromatic carbocycles. The number of aliphatic hydroxyl groups is 2. The Morgan fingerprint density at radius 3 is 2.57 bits per heavy atom. The number of carboxylic acids is 1. The summed E-state index contributed by atoms with van der Waals surface area (Å²) < 4.78 is 22.2. The van der Waals surface area contributed by atoms with Crippen LogP contribution in [0.15, 0.2) is 41.3 Å². The van der Waals surface area contributed by atoms with Crippen molar-refractivity contribution in [3.05, 3.63) is 74.3 Å². The van der Waals surface area contributed by atoms with Crippen LogP contribution in [0, 0.1) is 11.7 Å². The summed E-state index contributed by atoms with van der Waals surface area (Å²) >= 11 is 5.92. The minimum Gasteiger partial charge on any atom is -0.491 e. The number of aromatic carboxylic acids is 1. The van der Waals surface area contributed by atoms with E-state index in [1.807, 2.05) is 13.8 Å². The molecule has 3 rings (SSSR count). The normalized spacial score (nSPS) is 12.3. The molecule has 0 unspecified atom stereocenters. The number of ether oxygens (including phenoxy) is 1. The summed E-state index contributed by atoms with van der Waals surface area (Å²) in [7, 11) is 0. The largest absolute Gasteiger partial charge is 0.491 e. The Balaban J connectivity index is 2.29. The standard InChI is InChI=1S/C26H29ClFNO6/c1-15(2)21(14-31)29-13-19(26(33)34)25(32)18-11-16(10-17-6-5-7-20(27)23(17)28)12-22(24(18)29)35-9-4-3-8-30/h5-7,11-13,15,21,30-31H,3-4,8-10,14H2,1-2H3,(H,33,34)/t21-/m1/s1. The third-order valence-electron chi connectivity index (χ3n) is 5.93. The smallest absolute Gasteiger partial charge is 0.341 e. The number of hydrogen-bond donors (Lipinski definition) is 3. The zero-order valence-electron chi connectivity index (χ0n) is 19.6. The third-order valence-corrected chi connectivity index (χ3v) is 6.22. The van der Waals surface area contributed by atoms with Crippen molar-refractivity contribution in [2.75, 3.05) is 19.8 Å². The Bertz CT molecular complexity index is 1270. The van der Waals surface area contributed by atoms with Crippen molar-refractivity contribution >= 4 is 28.5 Å². The van der Waals surface area contributed by atoms with E-state index in [1.54, 1.807) is 22.8 Å². The lowest BCUT2D eigenvalue weighted by molar-refractivity contribution is 0.0694. The van der Waals surface area contributed by atoms with E-state index in [9.17, 15) is 24.2 Å². The molecule has 0 amide bonds. The first-order chi connectivity index (χ1) is 16.7. The molecular weight excluding hydrogens is 477 g/mol. The molecule has 35 heavy (non-hydrogen) atoms. The molecule has 1 aromatic heterocycles. The van der Waals surface area contributed by atoms with Gasteiger partial charge in [-0.1, -0.05) is 37.6 Å². The SMILES string of the molecule is CC(C)[C@@H](CO)n1cc(C(=O)O)c(=O)c2cc(Cc3cccc(Cl)c3F)cc(OCCCCO)c21. The van der Waals surface area contributed by atoms with E-state index >= 15 is 0 Å². The van der Waals surface area contributed by atoms with E-state index < -0.39 is 28.8 Å². The molecule has 0 aliphatic carbocycles. The lowest BCUT2D eigenvalue weighted by Gasteiger charge is -2.26. The maximum Gasteiger partial charge on any atom is 0.341 e. The van der Waals surface area contributed by atoms with Crippen LogP contribution in [-0.2, 0) is 6.42 Å². The molecule has 0 fully saturated rings. The second-order valence-electron chi connectivity index (χ2n) is 8.74. The first-order valence-corrected chi connectivity index (χ1v) is 11.8. The maximum atomic E-state index is 14.6. The molecule has 188 valence electrons. The van der Waals surface area contributed by atoms with Crippen molar-refractivity contribution < 1.29 is 29.2 Å². The number of carbonyl (C=O) groups is 1. The van der Waals surface area contributed by atoms with Crippen molar-refractivity contribution in [2.24, 2.45) is 5.92 Å². The van der Waals surface area contributed by atoms with Gasteiger partial charge in [0.05, 0.1) is 35.2 Å². The van der Waals surface area contributed by atoms with Gasteiger partial charge in [-0.3, -0.25) is 4.79 Å². The summed E-state index contributed by atoms with van der Waals surface area (Å²) in [5, 5.41) is 28.9. The van der Waals surface area contributed by atoms with E-state index in [0.717, 1.165) is 0 Å². The average Bonchev–Trinajstić information content (AvgIpc) is 2.81. The molecule has 3 N–H and O–H groups in total. The van der Waals surface area contributed by atoms with Crippen molar-refractivity contribution in [1.29, 1.82) is 0 Å². The number of aromatic nitrogens is 1. The van der Waals surface area contributed by atoms with Crippen molar-refractivity contribution in [1.82, 2.24) is 4.57 Å². The Kier molecular flexibility index (Phi) is 8.88. The number of aliphatic hydroxyl groups excluding tert-OH is 2. The van der Waals surface area contributed by atoms with Gasteiger partial charge in [-0.05, 0) is 48.1 Å². The number of nitrogens with zero attached hydrogens (tertiary/aromatic N) is 1. The van der Waals surface area contributed by atoms with Gasteiger partial charge in [0.15, 0.2) is 0 Å². The summed E-state index contributed by atoms with van der Waals surface area (Å²) in [6, 6.07) is 7.35. The van der Waals surface area contributed by atoms with Crippen LogP contribution in [0.3, 0.4) is 0 Å². The molecule has 1 heterocycles. The summed E-state index contributed by atoms with van der Waals surface area (Å²) in [5.74, 6) is -1.74. The number of halogens is 2. The van der Waals surface area contributed by atoms with E-state index in [-0.39, 0.29) is 42.6 Å². The Morgan fingerprint density at radius 1 is 1.20 bits per heavy atom. The minimum atomic E-state index is -1.39. The summed E-state index contributed by atoms with van der Waals surface area (Å²) in [6.45, 7) is 3.72. The number of carboxylic acid groups (broad SMARTS) is 1. The molecule has 1 atom stereocenters. The van der Waals surface area contributed by atoms with E-state index in [0.29, 0.717) is 35.2 Å². The third kappa shape index (κ3) is 5.83. The lowest BCUT2D eigenvalue weighted by Crippen LogP contribution is -2.26. The fourth-order valence-electron chi connectivity index (χ4n) is 4.06. The number of fused-ring (bicyclic) bond motifs is 1. The van der Waals surface area contributed by atoms with Gasteiger partial charge >= 0.3 is 5.97 Å². The summed E-state index contributed by atoms with van der Waals surface area (Å²) in [6.07, 6.45) is 2.41. The fraction of sp³-hybridized carbons (Fsp3) is 0.385. The van der Waals surface area contributed by atoms with Crippen LogP contribution in [0.2, 0.25) is 5.02 Å². The highest BCUT2D eigenvalue weighted by molar-refractivity contribution is 6.30. The molecule has 0 aliphatic rings. The van der Waals surface area contributed by atoms with Crippen molar-refractivity contribution in [3.63, 3.8) is 0 Å². The van der Waals surface area contributed by atoms with E-state index in [2.05, 4.69) is 0 Å². The predicted octanol–water partition coefficient (Wildman–Crippen LogP) is 4.42. The van der Waals surface area contributed by atoms with Gasteiger partial charge in [-0.15, -0.1) is 0 Å². The highest BCUT2D eigenvalue weighted by Gasteiger charge is 2.24. The topological polar surface area (TPSA) is 109 Å². The number of unbranched alkanes of at least 4 members (excludes halogenated alkanes) is 1. The molecule has 0 bridgehead atoms. The lowest BCUT2D eigenvalue weighted by atomic mass is 9.98. The predicted molar refractivity (Wildman–Crippen MR) is 132 cm³/mol. The number of rotatable bonds is 11. The van der Waals surface area contributed by atoms with Crippen molar-refractivity contribution in [3.8, 4) is 5.75 Å². The molecule has 7 nitrogen and oxygen atoms in total. The van der Waals surface area contributed by atoms with Crippen LogP contribution >= 0.6 is 11.6 Å². The maximum absolute atomic E-state index is 14.6. The van der Waals surface area contributed by atoms with Crippen molar-refractivity contribution in [2.45, 2.75) is 39.2 Å². The molecular formula is C26H29ClFNO6. The fourth-order valence-corrected chi connectivity index (χ4v) is 4.25. The molecule has 0 spiro atoms. The minimum absolute atomic E-state index is 0.00477. The summed E-state index contributed by atoms with van der Waals surface area (Å²) in [4.78, 5) is 25.1. The first kappa shape index (κ1) is 26.7. The van der Waals surface area contributed by atoms with E-state index in [4.69, 9.17) is 21.4 Å². The van der Waals surface area contributed by atoms with Crippen LogP contribution in [0.4, 0.5) is 4.39 Å². The van der Waals surface area contributed by atoms with Gasteiger partial charge in [0, 0.05) is 19.2 Å². The van der Waals surface area contributed by atoms with Gasteiger partial charge in [0.2, 0.25) is 5.43 Å². The molecule has 0 saturated heterocycles. The van der Waals surface area contributed by atoms with Gasteiger partial charge in [-0.25, -0.2) is 9.18 Å². The second-order valence-corrected chi connectivity index (χ2v) is 9.14. The van der Waals surface area contributed by atoms with Crippen LogP contribution in [0.5, 0.6) is 5.75 Å². The van der Waals surface area contributed by atoms with Gasteiger partial charge in [0.25, 0.3) is 0 Å².